The molecule has 0 heterocycles. The molecule has 0 saturated heterocycles. The monoisotopic (exact) mass is 438 g/mol. The molecule has 0 spiro atoms. The van der Waals surface area contributed by atoms with E-state index in [9.17, 15) is 8.42 Å². The van der Waals surface area contributed by atoms with E-state index >= 15 is 0 Å². The van der Waals surface area contributed by atoms with Gasteiger partial charge < -0.3 is 5.73 Å². The number of rotatable bonds is 4. The zero-order chi connectivity index (χ0) is 15.6. The summed E-state index contributed by atoms with van der Waals surface area (Å²) in [6.45, 7) is 2.36. The van der Waals surface area contributed by atoms with Crippen LogP contribution >= 0.6 is 31.9 Å². The number of sulfonamides is 1. The van der Waals surface area contributed by atoms with Crippen LogP contribution in [0.25, 0.3) is 0 Å². The maximum Gasteiger partial charge on any atom is 0.244 e. The van der Waals surface area contributed by atoms with E-state index < -0.39 is 10.0 Å². The van der Waals surface area contributed by atoms with Crippen LogP contribution in [0.15, 0.2) is 32.0 Å². The Morgan fingerprint density at radius 2 is 1.86 bits per heavy atom. The molecule has 4 nitrogen and oxygen atoms in total. The van der Waals surface area contributed by atoms with Crippen molar-refractivity contribution in [1.29, 1.82) is 0 Å². The summed E-state index contributed by atoms with van der Waals surface area (Å²) in [4.78, 5) is 0.322. The van der Waals surface area contributed by atoms with Gasteiger partial charge in [-0.15, -0.1) is 0 Å². The first-order chi connectivity index (χ1) is 9.86. The summed E-state index contributed by atoms with van der Waals surface area (Å²) in [6.07, 6.45) is 3.45. The molecule has 0 bridgehead atoms. The first kappa shape index (κ1) is 17.4. The Balaban J connectivity index is 2.31. The summed E-state index contributed by atoms with van der Waals surface area (Å²) in [5, 5.41) is 0. The van der Waals surface area contributed by atoms with E-state index in [-0.39, 0.29) is 12.1 Å². The number of nitrogens with two attached hydrogens (primary N) is 1. The molecule has 0 aromatic heterocycles. The average molecular weight is 440 g/mol. The molecule has 1 aliphatic carbocycles. The van der Waals surface area contributed by atoms with Crippen molar-refractivity contribution in [2.45, 2.75) is 49.6 Å². The first-order valence-electron chi connectivity index (χ1n) is 7.08. The van der Waals surface area contributed by atoms with Gasteiger partial charge in [0.25, 0.3) is 0 Å². The number of benzene rings is 1. The van der Waals surface area contributed by atoms with Gasteiger partial charge >= 0.3 is 0 Å². The molecule has 1 aliphatic rings. The fourth-order valence-electron chi connectivity index (χ4n) is 2.82. The Hall–Kier alpha value is 0.0500. The molecule has 0 radical (unpaired) electrons. The molecule has 0 amide bonds. The van der Waals surface area contributed by atoms with Crippen LogP contribution in [0.5, 0.6) is 0 Å². The molecular weight excluding hydrogens is 420 g/mol. The van der Waals surface area contributed by atoms with Crippen LogP contribution in [-0.2, 0) is 10.0 Å². The number of hydrogen-bond donors (Lipinski definition) is 1. The van der Waals surface area contributed by atoms with Crippen molar-refractivity contribution in [1.82, 2.24) is 4.31 Å². The van der Waals surface area contributed by atoms with Crippen LogP contribution in [0.1, 0.15) is 32.6 Å². The van der Waals surface area contributed by atoms with E-state index in [2.05, 4.69) is 31.9 Å². The zero-order valence-corrected chi connectivity index (χ0v) is 15.9. The predicted octanol–water partition coefficient (Wildman–Crippen LogP) is 3.49. The summed E-state index contributed by atoms with van der Waals surface area (Å²) in [7, 11) is -3.49. The summed E-state index contributed by atoms with van der Waals surface area (Å²) in [6, 6.07) is 5.41. The average Bonchev–Trinajstić information content (AvgIpc) is 2.41. The minimum Gasteiger partial charge on any atom is -0.328 e. The molecule has 0 atom stereocenters. The Kier molecular flexibility index (Phi) is 5.87. The molecule has 0 aliphatic heterocycles. The zero-order valence-electron chi connectivity index (χ0n) is 11.9. The van der Waals surface area contributed by atoms with Crippen molar-refractivity contribution in [2.24, 2.45) is 5.73 Å². The highest BCUT2D eigenvalue weighted by atomic mass is 79.9. The minimum absolute atomic E-state index is 0.0512. The van der Waals surface area contributed by atoms with Gasteiger partial charge in [-0.05, 0) is 59.8 Å². The van der Waals surface area contributed by atoms with Gasteiger partial charge in [-0.2, -0.15) is 4.31 Å². The normalized spacial score (nSPS) is 23.5. The van der Waals surface area contributed by atoms with Crippen LogP contribution < -0.4 is 5.73 Å². The van der Waals surface area contributed by atoms with Gasteiger partial charge in [0.05, 0.1) is 4.90 Å². The van der Waals surface area contributed by atoms with Gasteiger partial charge in [-0.25, -0.2) is 8.42 Å². The second-order valence-corrected chi connectivity index (χ2v) is 8.98. The number of hydrogen-bond acceptors (Lipinski definition) is 3. The highest BCUT2D eigenvalue weighted by Crippen LogP contribution is 2.32. The SMILES string of the molecule is CCN(C1CCC(N)CC1)S(=O)(=O)c1ccc(Br)cc1Br. The van der Waals surface area contributed by atoms with Gasteiger partial charge in [0, 0.05) is 27.6 Å². The Bertz CT molecular complexity index is 599. The lowest BCUT2D eigenvalue weighted by Gasteiger charge is -2.34. The Morgan fingerprint density at radius 3 is 2.38 bits per heavy atom. The van der Waals surface area contributed by atoms with Crippen molar-refractivity contribution >= 4 is 41.9 Å². The predicted molar refractivity (Wildman–Crippen MR) is 91.6 cm³/mol. The van der Waals surface area contributed by atoms with Crippen LogP contribution in [0.4, 0.5) is 0 Å². The molecule has 1 aromatic rings. The molecule has 1 fully saturated rings. The first-order valence-corrected chi connectivity index (χ1v) is 10.1. The van der Waals surface area contributed by atoms with Gasteiger partial charge in [0.1, 0.15) is 0 Å². The van der Waals surface area contributed by atoms with Crippen LogP contribution in [-0.4, -0.2) is 31.4 Å². The number of nitrogens with zero attached hydrogens (tertiary/aromatic N) is 1. The Labute approximate surface area is 143 Å². The lowest BCUT2D eigenvalue weighted by atomic mass is 9.92. The molecule has 2 rings (SSSR count). The van der Waals surface area contributed by atoms with Crippen molar-refractivity contribution in [3.05, 3.63) is 27.1 Å². The fourth-order valence-corrected chi connectivity index (χ4v) is 6.23. The molecule has 1 saturated carbocycles. The summed E-state index contributed by atoms with van der Waals surface area (Å²) < 4.78 is 28.9. The summed E-state index contributed by atoms with van der Waals surface area (Å²) in [5.74, 6) is 0. The highest BCUT2D eigenvalue weighted by molar-refractivity contribution is 9.11. The molecule has 7 heteroatoms. The third kappa shape index (κ3) is 3.88. The Morgan fingerprint density at radius 1 is 1.24 bits per heavy atom. The van der Waals surface area contributed by atoms with E-state index in [4.69, 9.17) is 5.73 Å². The van der Waals surface area contributed by atoms with Gasteiger partial charge in [-0.3, -0.25) is 0 Å². The lowest BCUT2D eigenvalue weighted by Crippen LogP contribution is -2.44. The van der Waals surface area contributed by atoms with Gasteiger partial charge in [0.15, 0.2) is 0 Å². The third-order valence-corrected chi connectivity index (χ3v) is 7.44. The standard InChI is InChI=1S/C14H20Br2N2O2S/c1-2-18(12-6-4-11(17)5-7-12)21(19,20)14-8-3-10(15)9-13(14)16/h3,8-9,11-12H,2,4-7,17H2,1H3. The smallest absolute Gasteiger partial charge is 0.244 e. The highest BCUT2D eigenvalue weighted by Gasteiger charge is 2.33. The van der Waals surface area contributed by atoms with E-state index in [0.717, 1.165) is 30.2 Å². The van der Waals surface area contributed by atoms with Crippen LogP contribution in [0.3, 0.4) is 0 Å². The minimum atomic E-state index is -3.49. The maximum atomic E-state index is 12.9. The molecule has 1 aromatic carbocycles. The van der Waals surface area contributed by atoms with E-state index in [1.54, 1.807) is 22.5 Å². The molecule has 118 valence electrons. The second-order valence-electron chi connectivity index (χ2n) is 5.35. The van der Waals surface area contributed by atoms with Crippen molar-refractivity contribution in [3.8, 4) is 0 Å². The fraction of sp³-hybridized carbons (Fsp3) is 0.571. The summed E-state index contributed by atoms with van der Waals surface area (Å²) in [5.41, 5.74) is 5.92. The van der Waals surface area contributed by atoms with Crippen molar-refractivity contribution in [2.75, 3.05) is 6.54 Å². The van der Waals surface area contributed by atoms with Gasteiger partial charge in [-0.1, -0.05) is 22.9 Å². The molecular formula is C14H20Br2N2O2S. The summed E-state index contributed by atoms with van der Waals surface area (Å²) >= 11 is 6.71. The van der Waals surface area contributed by atoms with Crippen LogP contribution in [0.2, 0.25) is 0 Å². The largest absolute Gasteiger partial charge is 0.328 e. The van der Waals surface area contributed by atoms with E-state index in [1.807, 2.05) is 6.92 Å². The van der Waals surface area contributed by atoms with Crippen molar-refractivity contribution < 1.29 is 8.42 Å². The lowest BCUT2D eigenvalue weighted by molar-refractivity contribution is 0.247. The molecule has 2 N–H and O–H groups in total. The number of halogens is 2. The third-order valence-electron chi connectivity index (χ3n) is 3.94. The molecule has 21 heavy (non-hydrogen) atoms. The van der Waals surface area contributed by atoms with Gasteiger partial charge in [0.2, 0.25) is 10.0 Å². The van der Waals surface area contributed by atoms with E-state index in [0.29, 0.717) is 15.9 Å². The van der Waals surface area contributed by atoms with Crippen LogP contribution in [0, 0.1) is 0 Å². The topological polar surface area (TPSA) is 63.4 Å². The molecule has 0 unspecified atom stereocenters. The van der Waals surface area contributed by atoms with Crippen molar-refractivity contribution in [3.63, 3.8) is 0 Å². The quantitative estimate of drug-likeness (QED) is 0.780. The second kappa shape index (κ2) is 7.08. The maximum absolute atomic E-state index is 12.9. The van der Waals surface area contributed by atoms with E-state index in [1.165, 1.54) is 0 Å².